The van der Waals surface area contributed by atoms with Crippen molar-refractivity contribution in [2.75, 3.05) is 27.7 Å². The molecule has 0 heterocycles. The van der Waals surface area contributed by atoms with E-state index < -0.39 is 5.91 Å². The number of nitrogens with zero attached hydrogens (tertiary/aromatic N) is 1. The molecule has 2 N–H and O–H groups in total. The maximum atomic E-state index is 12.0. The molecule has 0 aliphatic rings. The highest BCUT2D eigenvalue weighted by molar-refractivity contribution is 5.98. The predicted molar refractivity (Wildman–Crippen MR) is 65.7 cm³/mol. The van der Waals surface area contributed by atoms with Gasteiger partial charge in [-0.25, -0.2) is 0 Å². The third-order valence-corrected chi connectivity index (χ3v) is 2.44. The minimum atomic E-state index is -0.432. The standard InChI is InChI=1S/C12H16N2O4/c1-13-11(16)7-14(2)12(17)9-5-4-8(18-3)6-10(9)15/h4-6,15H,7H2,1-3H3,(H,13,16). The van der Waals surface area contributed by atoms with Gasteiger partial charge < -0.3 is 20.1 Å². The number of benzene rings is 1. The molecule has 0 aromatic heterocycles. The number of phenols is 1. The van der Waals surface area contributed by atoms with E-state index in [1.807, 2.05) is 0 Å². The first-order valence-electron chi connectivity index (χ1n) is 5.32. The minimum absolute atomic E-state index is 0.0686. The van der Waals surface area contributed by atoms with Gasteiger partial charge in [0.05, 0.1) is 19.2 Å². The van der Waals surface area contributed by atoms with Crippen LogP contribution in [0.1, 0.15) is 10.4 Å². The fraction of sp³-hybridized carbons (Fsp3) is 0.333. The zero-order chi connectivity index (χ0) is 13.7. The average Bonchev–Trinajstić information content (AvgIpc) is 2.37. The van der Waals surface area contributed by atoms with Gasteiger partial charge in [0.1, 0.15) is 11.5 Å². The number of hydrogen-bond acceptors (Lipinski definition) is 4. The summed E-state index contributed by atoms with van der Waals surface area (Å²) in [6.45, 7) is -0.0686. The summed E-state index contributed by atoms with van der Waals surface area (Å²) < 4.78 is 4.92. The van der Waals surface area contributed by atoms with Crippen molar-refractivity contribution in [1.29, 1.82) is 0 Å². The summed E-state index contributed by atoms with van der Waals surface area (Å²) in [5, 5.41) is 12.1. The van der Waals surface area contributed by atoms with Crippen LogP contribution in [0.2, 0.25) is 0 Å². The van der Waals surface area contributed by atoms with Crippen molar-refractivity contribution >= 4 is 11.8 Å². The molecule has 0 bridgehead atoms. The molecule has 0 unspecified atom stereocenters. The van der Waals surface area contributed by atoms with Crippen LogP contribution < -0.4 is 10.1 Å². The second kappa shape index (κ2) is 5.90. The molecular weight excluding hydrogens is 236 g/mol. The molecule has 6 nitrogen and oxygen atoms in total. The number of nitrogens with one attached hydrogen (secondary N) is 1. The molecule has 0 saturated carbocycles. The van der Waals surface area contributed by atoms with Gasteiger partial charge in [-0.2, -0.15) is 0 Å². The van der Waals surface area contributed by atoms with Gasteiger partial charge in [-0.15, -0.1) is 0 Å². The Hall–Kier alpha value is -2.24. The van der Waals surface area contributed by atoms with Crippen LogP contribution >= 0.6 is 0 Å². The van der Waals surface area contributed by atoms with Crippen LogP contribution in [0, 0.1) is 0 Å². The van der Waals surface area contributed by atoms with E-state index in [0.29, 0.717) is 5.75 Å². The molecule has 0 spiro atoms. The van der Waals surface area contributed by atoms with Gasteiger partial charge in [-0.3, -0.25) is 9.59 Å². The van der Waals surface area contributed by atoms with E-state index in [1.165, 1.54) is 38.2 Å². The second-order valence-corrected chi connectivity index (χ2v) is 3.72. The van der Waals surface area contributed by atoms with Gasteiger partial charge in [-0.05, 0) is 12.1 Å². The second-order valence-electron chi connectivity index (χ2n) is 3.72. The molecule has 0 atom stereocenters. The van der Waals surface area contributed by atoms with E-state index >= 15 is 0 Å². The summed E-state index contributed by atoms with van der Waals surface area (Å²) in [4.78, 5) is 24.3. The zero-order valence-electron chi connectivity index (χ0n) is 10.6. The summed E-state index contributed by atoms with van der Waals surface area (Å²) in [7, 11) is 4.45. The van der Waals surface area contributed by atoms with Crippen LogP contribution in [0.3, 0.4) is 0 Å². The lowest BCUT2D eigenvalue weighted by atomic mass is 10.1. The topological polar surface area (TPSA) is 78.9 Å². The largest absolute Gasteiger partial charge is 0.507 e. The van der Waals surface area contributed by atoms with Crippen molar-refractivity contribution in [2.45, 2.75) is 0 Å². The van der Waals surface area contributed by atoms with E-state index in [0.717, 1.165) is 0 Å². The Morgan fingerprint density at radius 2 is 2.11 bits per heavy atom. The number of carbonyl (C=O) groups excluding carboxylic acids is 2. The quantitative estimate of drug-likeness (QED) is 0.803. The summed E-state index contributed by atoms with van der Waals surface area (Å²) in [5.41, 5.74) is 0.127. The number of hydrogen-bond donors (Lipinski definition) is 2. The molecule has 0 fully saturated rings. The lowest BCUT2D eigenvalue weighted by Crippen LogP contribution is -2.36. The number of carbonyl (C=O) groups is 2. The molecule has 1 aromatic carbocycles. The van der Waals surface area contributed by atoms with E-state index in [2.05, 4.69) is 5.32 Å². The number of ether oxygens (including phenoxy) is 1. The molecule has 1 rings (SSSR count). The lowest BCUT2D eigenvalue weighted by molar-refractivity contribution is -0.121. The smallest absolute Gasteiger partial charge is 0.257 e. The van der Waals surface area contributed by atoms with Gasteiger partial charge in [-0.1, -0.05) is 0 Å². The third-order valence-electron chi connectivity index (χ3n) is 2.44. The summed E-state index contributed by atoms with van der Waals surface area (Å²) in [6.07, 6.45) is 0. The Bertz CT molecular complexity index is 459. The molecule has 0 saturated heterocycles. The number of amides is 2. The maximum absolute atomic E-state index is 12.0. The fourth-order valence-electron chi connectivity index (χ4n) is 1.39. The maximum Gasteiger partial charge on any atom is 0.257 e. The van der Waals surface area contributed by atoms with Crippen LogP contribution in [0.15, 0.2) is 18.2 Å². The Morgan fingerprint density at radius 3 is 2.61 bits per heavy atom. The Morgan fingerprint density at radius 1 is 1.44 bits per heavy atom. The normalized spacial score (nSPS) is 9.72. The van der Waals surface area contributed by atoms with Gasteiger partial charge in [0.25, 0.3) is 5.91 Å². The molecule has 0 radical (unpaired) electrons. The molecule has 18 heavy (non-hydrogen) atoms. The van der Waals surface area contributed by atoms with Gasteiger partial charge >= 0.3 is 0 Å². The van der Waals surface area contributed by atoms with Crippen LogP contribution in [0.5, 0.6) is 11.5 Å². The van der Waals surface area contributed by atoms with E-state index in [4.69, 9.17) is 4.74 Å². The Kier molecular flexibility index (Phi) is 4.53. The summed E-state index contributed by atoms with van der Waals surface area (Å²) >= 11 is 0. The van der Waals surface area contributed by atoms with E-state index in [1.54, 1.807) is 6.07 Å². The molecule has 98 valence electrons. The SMILES string of the molecule is CNC(=O)CN(C)C(=O)c1ccc(OC)cc1O. The summed E-state index contributed by atoms with van der Waals surface area (Å²) in [6, 6.07) is 4.37. The van der Waals surface area contributed by atoms with Crippen molar-refractivity contribution in [2.24, 2.45) is 0 Å². The number of phenolic OH excluding ortho intramolecular Hbond substituents is 1. The van der Waals surface area contributed by atoms with Gasteiger partial charge in [0, 0.05) is 20.2 Å². The molecule has 1 aromatic rings. The minimum Gasteiger partial charge on any atom is -0.507 e. The van der Waals surface area contributed by atoms with Crippen LogP contribution in [0.25, 0.3) is 0 Å². The van der Waals surface area contributed by atoms with Crippen LogP contribution in [-0.4, -0.2) is 49.6 Å². The van der Waals surface area contributed by atoms with Crippen LogP contribution in [-0.2, 0) is 4.79 Å². The Balaban J connectivity index is 2.86. The molecule has 2 amide bonds. The molecule has 0 aliphatic carbocycles. The molecular formula is C12H16N2O4. The average molecular weight is 252 g/mol. The van der Waals surface area contributed by atoms with Crippen molar-refractivity contribution in [1.82, 2.24) is 10.2 Å². The molecule has 0 aliphatic heterocycles. The Labute approximate surface area is 105 Å². The lowest BCUT2D eigenvalue weighted by Gasteiger charge is -2.17. The van der Waals surface area contributed by atoms with Gasteiger partial charge in [0.2, 0.25) is 5.91 Å². The first-order chi connectivity index (χ1) is 8.49. The number of aromatic hydroxyl groups is 1. The van der Waals surface area contributed by atoms with Crippen molar-refractivity contribution < 1.29 is 19.4 Å². The van der Waals surface area contributed by atoms with E-state index in [-0.39, 0.29) is 23.8 Å². The predicted octanol–water partition coefficient (Wildman–Crippen LogP) is 0.219. The van der Waals surface area contributed by atoms with Crippen LogP contribution in [0.4, 0.5) is 0 Å². The van der Waals surface area contributed by atoms with Gasteiger partial charge in [0.15, 0.2) is 0 Å². The molecule has 6 heteroatoms. The third kappa shape index (κ3) is 3.13. The van der Waals surface area contributed by atoms with Crippen molar-refractivity contribution in [3.05, 3.63) is 23.8 Å². The monoisotopic (exact) mass is 252 g/mol. The number of methoxy groups -OCH3 is 1. The van der Waals surface area contributed by atoms with Crippen molar-refractivity contribution in [3.63, 3.8) is 0 Å². The summed E-state index contributed by atoms with van der Waals surface area (Å²) in [5.74, 6) is -0.432. The fourth-order valence-corrected chi connectivity index (χ4v) is 1.39. The number of likely N-dealkylation sites (N-methyl/N-ethyl adjacent to an activating group) is 2. The highest BCUT2D eigenvalue weighted by Gasteiger charge is 2.17. The highest BCUT2D eigenvalue weighted by atomic mass is 16.5. The number of rotatable bonds is 4. The first-order valence-corrected chi connectivity index (χ1v) is 5.32. The van der Waals surface area contributed by atoms with Crippen molar-refractivity contribution in [3.8, 4) is 11.5 Å². The van der Waals surface area contributed by atoms with E-state index in [9.17, 15) is 14.7 Å². The zero-order valence-corrected chi connectivity index (χ0v) is 10.6. The highest BCUT2D eigenvalue weighted by Crippen LogP contribution is 2.24. The first kappa shape index (κ1) is 13.8.